The van der Waals surface area contributed by atoms with Gasteiger partial charge in [0.1, 0.15) is 5.76 Å². The van der Waals surface area contributed by atoms with Gasteiger partial charge in [-0.25, -0.2) is 0 Å². The summed E-state index contributed by atoms with van der Waals surface area (Å²) in [5.74, 6) is 1.19. The smallest absolute Gasteiger partial charge is 0.271 e. The molecule has 3 nitrogen and oxygen atoms in total. The van der Waals surface area contributed by atoms with Crippen molar-refractivity contribution in [1.29, 1.82) is 0 Å². The van der Waals surface area contributed by atoms with Gasteiger partial charge in [-0.1, -0.05) is 6.58 Å². The molecule has 0 aliphatic heterocycles. The van der Waals surface area contributed by atoms with Gasteiger partial charge in [-0.15, -0.1) is 0 Å². The monoisotopic (exact) mass is 274 g/mol. The van der Waals surface area contributed by atoms with E-state index in [2.05, 4.69) is 45.9 Å². The van der Waals surface area contributed by atoms with Crippen molar-refractivity contribution in [3.63, 3.8) is 0 Å². The molecule has 0 aromatic heterocycles. The zero-order valence-corrected chi connectivity index (χ0v) is 14.4. The van der Waals surface area contributed by atoms with Gasteiger partial charge in [0, 0.05) is 0 Å². The van der Waals surface area contributed by atoms with E-state index in [-0.39, 0.29) is 0 Å². The Morgan fingerprint density at radius 3 is 1.59 bits per heavy atom. The molecule has 0 N–H and O–H groups in total. The third-order valence-corrected chi connectivity index (χ3v) is 3.39. The fourth-order valence-electron chi connectivity index (χ4n) is 1.11. The number of hydrogen-bond donors (Lipinski definition) is 0. The number of methoxy groups -OCH3 is 1. The summed E-state index contributed by atoms with van der Waals surface area (Å²) in [7, 11) is -1.70. The molecule has 0 unspecified atom stereocenters. The highest BCUT2D eigenvalue weighted by molar-refractivity contribution is 6.70. The molecule has 0 aliphatic rings. The molecular weight excluding hydrogens is 248 g/mol. The summed E-state index contributed by atoms with van der Waals surface area (Å²) in [6.07, 6.45) is 0. The van der Waals surface area contributed by atoms with Crippen LogP contribution in [0, 0.1) is 0 Å². The van der Waals surface area contributed by atoms with Gasteiger partial charge in [0.05, 0.1) is 12.7 Å². The molecule has 0 saturated heterocycles. The second-order valence-electron chi connectivity index (χ2n) is 5.97. The maximum atomic E-state index is 5.86. The number of allylic oxidation sites excluding steroid dienone is 1. The van der Waals surface area contributed by atoms with E-state index in [9.17, 15) is 0 Å². The van der Waals surface area contributed by atoms with Crippen molar-refractivity contribution in [3.8, 4) is 0 Å². The predicted molar refractivity (Wildman–Crippen MR) is 77.7 cm³/mol. The zero-order chi connectivity index (χ0) is 13.9. The van der Waals surface area contributed by atoms with Gasteiger partial charge in [-0.2, -0.15) is 0 Å². The van der Waals surface area contributed by atoms with Crippen LogP contribution < -0.4 is 0 Å². The van der Waals surface area contributed by atoms with Crippen molar-refractivity contribution in [2.45, 2.75) is 46.2 Å². The first-order valence-corrected chi connectivity index (χ1v) is 12.6. The third-order valence-electron chi connectivity index (χ3n) is 1.74. The SMILES string of the molecule is C=C(O[Si](C)(C)C)/C(C)=C(/OC)O[Si](C)(C)C. The van der Waals surface area contributed by atoms with Gasteiger partial charge in [-0.05, 0) is 46.2 Å². The molecule has 0 spiro atoms. The molecular formula is C12H26O3Si2. The molecule has 0 aromatic carbocycles. The predicted octanol–water partition coefficient (Wildman–Crippen LogP) is 4.08. The summed E-state index contributed by atoms with van der Waals surface area (Å²) < 4.78 is 17.0. The molecule has 0 aromatic rings. The number of hydrogen-bond acceptors (Lipinski definition) is 3. The molecule has 0 rings (SSSR count). The highest BCUT2D eigenvalue weighted by Crippen LogP contribution is 2.22. The van der Waals surface area contributed by atoms with E-state index in [1.54, 1.807) is 7.11 Å². The Morgan fingerprint density at radius 2 is 1.29 bits per heavy atom. The van der Waals surface area contributed by atoms with Gasteiger partial charge >= 0.3 is 0 Å². The van der Waals surface area contributed by atoms with Crippen LogP contribution in [0.15, 0.2) is 23.9 Å². The number of rotatable bonds is 6. The lowest BCUT2D eigenvalue weighted by atomic mass is 10.3. The average Bonchev–Trinajstić information content (AvgIpc) is 2.08. The Bertz CT molecular complexity index is 309. The highest BCUT2D eigenvalue weighted by atomic mass is 28.4. The van der Waals surface area contributed by atoms with Crippen LogP contribution in [-0.4, -0.2) is 23.7 Å². The first kappa shape index (κ1) is 16.3. The Labute approximate surface area is 108 Å². The summed E-state index contributed by atoms with van der Waals surface area (Å²) >= 11 is 0. The molecule has 0 saturated carbocycles. The third kappa shape index (κ3) is 7.28. The lowest BCUT2D eigenvalue weighted by Crippen LogP contribution is -2.28. The molecule has 100 valence electrons. The first-order valence-electron chi connectivity index (χ1n) is 5.78. The van der Waals surface area contributed by atoms with E-state index in [1.807, 2.05) is 6.92 Å². The van der Waals surface area contributed by atoms with Crippen molar-refractivity contribution in [1.82, 2.24) is 0 Å². The molecule has 0 fully saturated rings. The first-order chi connectivity index (χ1) is 7.46. The fraction of sp³-hybridized carbons (Fsp3) is 0.667. The Hall–Kier alpha value is -0.686. The minimum atomic E-state index is -1.68. The standard InChI is InChI=1S/C12H26O3Si2/c1-10(11(2)14-16(4,5)6)12(13-3)15-17(7,8)9/h2H2,1,3-9H3/b12-10-. The van der Waals surface area contributed by atoms with E-state index in [0.29, 0.717) is 11.7 Å². The maximum Gasteiger partial charge on any atom is 0.271 e. The van der Waals surface area contributed by atoms with Crippen molar-refractivity contribution in [2.24, 2.45) is 0 Å². The Kier molecular flexibility index (Phi) is 5.54. The van der Waals surface area contributed by atoms with E-state index in [4.69, 9.17) is 13.6 Å². The zero-order valence-electron chi connectivity index (χ0n) is 12.4. The summed E-state index contributed by atoms with van der Waals surface area (Å²) in [5, 5.41) is 0. The molecule has 5 heteroatoms. The van der Waals surface area contributed by atoms with Crippen molar-refractivity contribution in [3.05, 3.63) is 23.9 Å². The molecule has 0 aliphatic carbocycles. The number of ether oxygens (including phenoxy) is 1. The summed E-state index contributed by atoms with van der Waals surface area (Å²) in [6.45, 7) is 18.6. The van der Waals surface area contributed by atoms with E-state index < -0.39 is 16.6 Å². The quantitative estimate of drug-likeness (QED) is 0.415. The van der Waals surface area contributed by atoms with Crippen LogP contribution in [0.4, 0.5) is 0 Å². The van der Waals surface area contributed by atoms with Gasteiger partial charge in [0.25, 0.3) is 5.95 Å². The lowest BCUT2D eigenvalue weighted by molar-refractivity contribution is 0.141. The minimum absolute atomic E-state index is 0.535. The van der Waals surface area contributed by atoms with E-state index in [0.717, 1.165) is 5.57 Å². The van der Waals surface area contributed by atoms with Crippen LogP contribution in [-0.2, 0) is 13.6 Å². The normalized spacial score (nSPS) is 13.9. The van der Waals surface area contributed by atoms with Gasteiger partial charge < -0.3 is 13.6 Å². The molecule has 0 amide bonds. The molecule has 0 bridgehead atoms. The van der Waals surface area contributed by atoms with Crippen LogP contribution in [0.5, 0.6) is 0 Å². The Balaban J connectivity index is 4.92. The van der Waals surface area contributed by atoms with Crippen LogP contribution in [0.2, 0.25) is 39.3 Å². The molecule has 0 atom stereocenters. The maximum absolute atomic E-state index is 5.86. The second-order valence-corrected chi connectivity index (χ2v) is 14.8. The second kappa shape index (κ2) is 5.77. The largest absolute Gasteiger partial charge is 0.544 e. The van der Waals surface area contributed by atoms with Crippen LogP contribution in [0.1, 0.15) is 6.92 Å². The summed E-state index contributed by atoms with van der Waals surface area (Å²) in [5.41, 5.74) is 0.845. The molecule has 17 heavy (non-hydrogen) atoms. The molecule has 0 heterocycles. The van der Waals surface area contributed by atoms with Crippen molar-refractivity contribution >= 4 is 16.6 Å². The van der Waals surface area contributed by atoms with Crippen molar-refractivity contribution in [2.75, 3.05) is 7.11 Å². The van der Waals surface area contributed by atoms with Crippen LogP contribution in [0.3, 0.4) is 0 Å². The van der Waals surface area contributed by atoms with Gasteiger partial charge in [-0.3, -0.25) is 0 Å². The topological polar surface area (TPSA) is 27.7 Å². The summed E-state index contributed by atoms with van der Waals surface area (Å²) in [6, 6.07) is 0. The van der Waals surface area contributed by atoms with Crippen LogP contribution >= 0.6 is 0 Å². The minimum Gasteiger partial charge on any atom is -0.544 e. The fourth-order valence-corrected chi connectivity index (χ4v) is 2.79. The highest BCUT2D eigenvalue weighted by Gasteiger charge is 2.23. The summed E-state index contributed by atoms with van der Waals surface area (Å²) in [4.78, 5) is 0. The average molecular weight is 275 g/mol. The van der Waals surface area contributed by atoms with Crippen LogP contribution in [0.25, 0.3) is 0 Å². The van der Waals surface area contributed by atoms with Gasteiger partial charge in [0.15, 0.2) is 0 Å². The van der Waals surface area contributed by atoms with E-state index >= 15 is 0 Å². The molecule has 0 radical (unpaired) electrons. The van der Waals surface area contributed by atoms with E-state index in [1.165, 1.54) is 0 Å². The van der Waals surface area contributed by atoms with Crippen molar-refractivity contribution < 1.29 is 13.6 Å². The lowest BCUT2D eigenvalue weighted by Gasteiger charge is -2.25. The Morgan fingerprint density at radius 1 is 0.882 bits per heavy atom. The van der Waals surface area contributed by atoms with Gasteiger partial charge in [0.2, 0.25) is 16.6 Å².